The third-order valence-corrected chi connectivity index (χ3v) is 2.60. The van der Waals surface area contributed by atoms with Crippen molar-refractivity contribution < 1.29 is 14.6 Å². The number of halogens is 1. The molecule has 0 spiro atoms. The predicted octanol–water partition coefficient (Wildman–Crippen LogP) is 2.21. The standard InChI is InChI=1S/C14H17ClO3/c1-17-14-7-5-12(6-8-14)11-18-9-3-2-4-13(16)10-15/h5-8,13,16H,4,9-11H2,1H3/t13-/m1/s1. The first-order valence-corrected chi connectivity index (χ1v) is 6.20. The molecule has 4 heteroatoms. The van der Waals surface area contributed by atoms with Crippen molar-refractivity contribution in [3.05, 3.63) is 29.8 Å². The van der Waals surface area contributed by atoms with Gasteiger partial charge in [0, 0.05) is 12.3 Å². The first-order chi connectivity index (χ1) is 8.76. The van der Waals surface area contributed by atoms with Crippen LogP contribution in [0.1, 0.15) is 12.0 Å². The Labute approximate surface area is 113 Å². The maximum absolute atomic E-state index is 9.15. The van der Waals surface area contributed by atoms with Gasteiger partial charge in [0.2, 0.25) is 0 Å². The van der Waals surface area contributed by atoms with E-state index in [0.29, 0.717) is 19.6 Å². The van der Waals surface area contributed by atoms with Gasteiger partial charge in [0.1, 0.15) is 12.4 Å². The fraction of sp³-hybridized carbons (Fsp3) is 0.429. The van der Waals surface area contributed by atoms with Crippen molar-refractivity contribution in [2.24, 2.45) is 0 Å². The van der Waals surface area contributed by atoms with Crippen LogP contribution < -0.4 is 4.74 Å². The molecule has 0 heterocycles. The Hall–Kier alpha value is -1.21. The van der Waals surface area contributed by atoms with E-state index in [1.807, 2.05) is 24.3 Å². The van der Waals surface area contributed by atoms with Gasteiger partial charge >= 0.3 is 0 Å². The molecular formula is C14H17ClO3. The highest BCUT2D eigenvalue weighted by molar-refractivity contribution is 6.18. The average Bonchev–Trinajstić information content (AvgIpc) is 2.43. The molecule has 0 unspecified atom stereocenters. The molecule has 0 saturated carbocycles. The molecule has 1 aromatic carbocycles. The Morgan fingerprint density at radius 2 is 2.00 bits per heavy atom. The van der Waals surface area contributed by atoms with Crippen LogP contribution in [-0.2, 0) is 11.3 Å². The lowest BCUT2D eigenvalue weighted by Gasteiger charge is -2.03. The predicted molar refractivity (Wildman–Crippen MR) is 71.8 cm³/mol. The second-order valence-electron chi connectivity index (χ2n) is 3.71. The number of aliphatic hydroxyl groups excluding tert-OH is 1. The number of ether oxygens (including phenoxy) is 2. The SMILES string of the molecule is COc1ccc(COCC#CC[C@@H](O)CCl)cc1. The van der Waals surface area contributed by atoms with Gasteiger partial charge in [0.25, 0.3) is 0 Å². The number of benzene rings is 1. The van der Waals surface area contributed by atoms with Crippen molar-refractivity contribution >= 4 is 11.6 Å². The van der Waals surface area contributed by atoms with Gasteiger partial charge in [-0.3, -0.25) is 0 Å². The van der Waals surface area contributed by atoms with E-state index in [9.17, 15) is 0 Å². The van der Waals surface area contributed by atoms with Crippen molar-refractivity contribution in [2.45, 2.75) is 19.1 Å². The zero-order valence-corrected chi connectivity index (χ0v) is 11.1. The zero-order chi connectivity index (χ0) is 13.2. The van der Waals surface area contributed by atoms with Crippen LogP contribution in [0.25, 0.3) is 0 Å². The minimum Gasteiger partial charge on any atom is -0.497 e. The molecule has 98 valence electrons. The van der Waals surface area contributed by atoms with Gasteiger partial charge in [0.05, 0.1) is 19.8 Å². The van der Waals surface area contributed by atoms with Crippen LogP contribution in [0.4, 0.5) is 0 Å². The molecule has 0 aliphatic rings. The first kappa shape index (κ1) is 14.8. The summed E-state index contributed by atoms with van der Waals surface area (Å²) in [6.45, 7) is 0.859. The van der Waals surface area contributed by atoms with Gasteiger partial charge in [0.15, 0.2) is 0 Å². The third kappa shape index (κ3) is 5.92. The Morgan fingerprint density at radius 3 is 2.61 bits per heavy atom. The highest BCUT2D eigenvalue weighted by atomic mass is 35.5. The second-order valence-corrected chi connectivity index (χ2v) is 4.02. The molecule has 0 saturated heterocycles. The van der Waals surface area contributed by atoms with Gasteiger partial charge in [-0.2, -0.15) is 0 Å². The Morgan fingerprint density at radius 1 is 1.28 bits per heavy atom. The van der Waals surface area contributed by atoms with Gasteiger partial charge < -0.3 is 14.6 Å². The highest BCUT2D eigenvalue weighted by Crippen LogP contribution is 2.11. The molecule has 18 heavy (non-hydrogen) atoms. The fourth-order valence-corrected chi connectivity index (χ4v) is 1.35. The van der Waals surface area contributed by atoms with Crippen molar-refractivity contribution in [1.82, 2.24) is 0 Å². The molecule has 1 atom stereocenters. The van der Waals surface area contributed by atoms with Gasteiger partial charge in [-0.25, -0.2) is 0 Å². The van der Waals surface area contributed by atoms with Crippen LogP contribution in [0, 0.1) is 11.8 Å². The number of methoxy groups -OCH3 is 1. The molecule has 0 fully saturated rings. The van der Waals surface area contributed by atoms with E-state index in [1.54, 1.807) is 7.11 Å². The summed E-state index contributed by atoms with van der Waals surface area (Å²) in [5.41, 5.74) is 1.07. The minimum absolute atomic E-state index is 0.210. The van der Waals surface area contributed by atoms with Gasteiger partial charge in [-0.1, -0.05) is 24.0 Å². The largest absolute Gasteiger partial charge is 0.497 e. The Bertz CT molecular complexity index is 392. The molecule has 0 aromatic heterocycles. The molecule has 0 amide bonds. The summed E-state index contributed by atoms with van der Waals surface area (Å²) in [5.74, 6) is 6.68. The molecule has 1 rings (SSSR count). The molecule has 0 bridgehead atoms. The van der Waals surface area contributed by atoms with Crippen molar-refractivity contribution in [1.29, 1.82) is 0 Å². The van der Waals surface area contributed by atoms with E-state index in [4.69, 9.17) is 26.2 Å². The molecule has 3 nitrogen and oxygen atoms in total. The topological polar surface area (TPSA) is 38.7 Å². The lowest BCUT2D eigenvalue weighted by atomic mass is 10.2. The van der Waals surface area contributed by atoms with Gasteiger partial charge in [-0.15, -0.1) is 11.6 Å². The number of alkyl halides is 1. The lowest BCUT2D eigenvalue weighted by Crippen LogP contribution is -2.06. The number of rotatable bonds is 6. The average molecular weight is 269 g/mol. The highest BCUT2D eigenvalue weighted by Gasteiger charge is 1.96. The van der Waals surface area contributed by atoms with E-state index in [1.165, 1.54) is 0 Å². The summed E-state index contributed by atoms with van der Waals surface area (Å²) >= 11 is 5.44. The van der Waals surface area contributed by atoms with Crippen LogP contribution >= 0.6 is 11.6 Å². The normalized spacial score (nSPS) is 11.5. The molecule has 1 N–H and O–H groups in total. The van der Waals surface area contributed by atoms with Crippen molar-refractivity contribution in [2.75, 3.05) is 19.6 Å². The van der Waals surface area contributed by atoms with Crippen molar-refractivity contribution in [3.63, 3.8) is 0 Å². The van der Waals surface area contributed by atoms with Gasteiger partial charge in [-0.05, 0) is 17.7 Å². The summed E-state index contributed by atoms with van der Waals surface area (Å²) in [6, 6.07) is 7.68. The molecular weight excluding hydrogens is 252 g/mol. The maximum Gasteiger partial charge on any atom is 0.118 e. The minimum atomic E-state index is -0.555. The van der Waals surface area contributed by atoms with Crippen LogP contribution in [0.15, 0.2) is 24.3 Å². The molecule has 0 radical (unpaired) electrons. The van der Waals surface area contributed by atoms with Crippen molar-refractivity contribution in [3.8, 4) is 17.6 Å². The third-order valence-electron chi connectivity index (χ3n) is 2.24. The number of hydrogen-bond donors (Lipinski definition) is 1. The van der Waals surface area contributed by atoms with E-state index in [0.717, 1.165) is 11.3 Å². The zero-order valence-electron chi connectivity index (χ0n) is 10.4. The van der Waals surface area contributed by atoms with Crippen LogP contribution in [0.3, 0.4) is 0 Å². The Balaban J connectivity index is 2.20. The monoisotopic (exact) mass is 268 g/mol. The summed E-state index contributed by atoms with van der Waals surface area (Å²) in [6.07, 6.45) is -0.171. The lowest BCUT2D eigenvalue weighted by molar-refractivity contribution is 0.153. The number of hydrogen-bond acceptors (Lipinski definition) is 3. The first-order valence-electron chi connectivity index (χ1n) is 5.66. The summed E-state index contributed by atoms with van der Waals surface area (Å²) in [4.78, 5) is 0. The molecule has 0 aliphatic heterocycles. The summed E-state index contributed by atoms with van der Waals surface area (Å²) in [7, 11) is 1.64. The number of aliphatic hydroxyl groups is 1. The Kier molecular flexibility index (Phi) is 7.28. The second kappa shape index (κ2) is 8.82. The van der Waals surface area contributed by atoms with Crippen LogP contribution in [0.2, 0.25) is 0 Å². The van der Waals surface area contributed by atoms with E-state index in [-0.39, 0.29) is 5.88 Å². The van der Waals surface area contributed by atoms with E-state index < -0.39 is 6.10 Å². The van der Waals surface area contributed by atoms with Crippen LogP contribution in [-0.4, -0.2) is 30.8 Å². The summed E-state index contributed by atoms with van der Waals surface area (Å²) in [5, 5.41) is 9.15. The quantitative estimate of drug-likeness (QED) is 0.488. The fourth-order valence-electron chi connectivity index (χ4n) is 1.24. The maximum atomic E-state index is 9.15. The van der Waals surface area contributed by atoms with E-state index >= 15 is 0 Å². The molecule has 0 aliphatic carbocycles. The van der Waals surface area contributed by atoms with E-state index in [2.05, 4.69) is 11.8 Å². The van der Waals surface area contributed by atoms with Crippen LogP contribution in [0.5, 0.6) is 5.75 Å². The summed E-state index contributed by atoms with van der Waals surface area (Å²) < 4.78 is 10.4. The smallest absolute Gasteiger partial charge is 0.118 e. The molecule has 1 aromatic rings.